The van der Waals surface area contributed by atoms with Gasteiger partial charge in [0, 0.05) is 25.2 Å². The molecule has 0 unspecified atom stereocenters. The summed E-state index contributed by atoms with van der Waals surface area (Å²) < 4.78 is 40.3. The molecule has 1 aromatic carbocycles. The van der Waals surface area contributed by atoms with Crippen molar-refractivity contribution in [2.45, 2.75) is 13.3 Å². The van der Waals surface area contributed by atoms with Crippen LogP contribution in [0.15, 0.2) is 48.3 Å². The van der Waals surface area contributed by atoms with Crippen LogP contribution in [0.1, 0.15) is 12.5 Å². The minimum absolute atomic E-state index is 0.0419. The van der Waals surface area contributed by atoms with E-state index in [1.54, 1.807) is 12.1 Å². The zero-order valence-corrected chi connectivity index (χ0v) is 12.7. The van der Waals surface area contributed by atoms with Crippen LogP contribution in [0.25, 0.3) is 0 Å². The van der Waals surface area contributed by atoms with Gasteiger partial charge in [-0.05, 0) is 17.7 Å². The molecule has 1 aromatic rings. The van der Waals surface area contributed by atoms with Crippen molar-refractivity contribution < 1.29 is 22.3 Å². The third kappa shape index (κ3) is 5.91. The molecule has 0 N–H and O–H groups in total. The molecule has 0 aliphatic rings. The molecule has 0 radical (unpaired) electrons. The largest absolute Gasteiger partial charge is 0.474 e. The number of carbonyl (C=O) groups excluding carboxylic acids is 1. The van der Waals surface area contributed by atoms with Crippen molar-refractivity contribution >= 4 is 15.6 Å². The maximum atomic E-state index is 12.9. The van der Waals surface area contributed by atoms with Crippen LogP contribution in [0.4, 0.5) is 4.39 Å². The number of carbonyl (C=O) groups is 1. The normalized spacial score (nSPS) is 12.5. The molecule has 0 bridgehead atoms. The quantitative estimate of drug-likeness (QED) is 0.441. The number of ketones is 1. The van der Waals surface area contributed by atoms with E-state index < -0.39 is 21.6 Å². The molecular formula is C15H17FO4S. The van der Waals surface area contributed by atoms with Crippen LogP contribution in [0.3, 0.4) is 0 Å². The summed E-state index contributed by atoms with van der Waals surface area (Å²) in [6.07, 6.45) is 2.74. The summed E-state index contributed by atoms with van der Waals surface area (Å²) in [6.45, 7) is 4.89. The number of halogens is 1. The van der Waals surface area contributed by atoms with E-state index in [0.29, 0.717) is 12.0 Å². The molecule has 4 nitrogen and oxygen atoms in total. The average Bonchev–Trinajstić information content (AvgIpc) is 2.38. The van der Waals surface area contributed by atoms with Gasteiger partial charge in [-0.2, -0.15) is 0 Å². The van der Waals surface area contributed by atoms with Crippen LogP contribution in [-0.4, -0.2) is 26.4 Å². The number of rotatable bonds is 7. The Morgan fingerprint density at radius 2 is 1.90 bits per heavy atom. The lowest BCUT2D eigenvalue weighted by Gasteiger charge is -2.11. The second kappa shape index (κ2) is 7.17. The van der Waals surface area contributed by atoms with E-state index in [1.165, 1.54) is 25.1 Å². The number of Topliss-reactive ketones (excluding diaryl/α,β-unsaturated/α-hetero) is 1. The topological polar surface area (TPSA) is 60.4 Å². The molecule has 0 spiro atoms. The molecule has 114 valence electrons. The van der Waals surface area contributed by atoms with Crippen molar-refractivity contribution in [2.24, 2.45) is 0 Å². The first-order valence-corrected chi connectivity index (χ1v) is 8.20. The van der Waals surface area contributed by atoms with Crippen LogP contribution in [0.5, 0.6) is 0 Å². The van der Waals surface area contributed by atoms with E-state index in [9.17, 15) is 17.6 Å². The number of sulfone groups is 1. The number of hydrogen-bond acceptors (Lipinski definition) is 4. The van der Waals surface area contributed by atoms with Crippen LogP contribution >= 0.6 is 0 Å². The highest BCUT2D eigenvalue weighted by molar-refractivity contribution is 7.90. The fourth-order valence-electron chi connectivity index (χ4n) is 1.65. The van der Waals surface area contributed by atoms with Crippen molar-refractivity contribution in [1.82, 2.24) is 0 Å². The van der Waals surface area contributed by atoms with Crippen LogP contribution in [0.2, 0.25) is 0 Å². The van der Waals surface area contributed by atoms with E-state index in [4.69, 9.17) is 4.74 Å². The summed E-state index contributed by atoms with van der Waals surface area (Å²) in [4.78, 5) is 11.6. The third-order valence-electron chi connectivity index (χ3n) is 2.58. The second-order valence-corrected chi connectivity index (χ2v) is 6.69. The zero-order chi connectivity index (χ0) is 16.0. The second-order valence-electron chi connectivity index (χ2n) is 4.61. The Labute approximate surface area is 123 Å². The number of hydrogen-bond donors (Lipinski definition) is 0. The highest BCUT2D eigenvalue weighted by Gasteiger charge is 2.14. The smallest absolute Gasteiger partial charge is 0.194 e. The summed E-state index contributed by atoms with van der Waals surface area (Å²) in [6, 6.07) is 5.77. The standard InChI is InChI=1S/C15H17FO4S/c1-4-13(9-12-5-7-14(16)8-6-12)15(11(2)17)20-10-21(3,18)19/h4-8H,1,9-10H2,2-3H3/b15-13+. The highest BCUT2D eigenvalue weighted by atomic mass is 32.2. The van der Waals surface area contributed by atoms with Crippen molar-refractivity contribution in [2.75, 3.05) is 12.2 Å². The number of benzene rings is 1. The van der Waals surface area contributed by atoms with Gasteiger partial charge < -0.3 is 4.74 Å². The Kier molecular flexibility index (Phi) is 5.84. The van der Waals surface area contributed by atoms with Gasteiger partial charge in [0.15, 0.2) is 27.3 Å². The molecule has 0 aromatic heterocycles. The van der Waals surface area contributed by atoms with E-state index in [0.717, 1.165) is 11.8 Å². The van der Waals surface area contributed by atoms with Gasteiger partial charge in [0.1, 0.15) is 5.82 Å². The zero-order valence-electron chi connectivity index (χ0n) is 11.9. The number of allylic oxidation sites excluding steroid dienone is 3. The van der Waals surface area contributed by atoms with Crippen molar-refractivity contribution in [3.05, 3.63) is 59.6 Å². The monoisotopic (exact) mass is 312 g/mol. The van der Waals surface area contributed by atoms with Gasteiger partial charge in [-0.3, -0.25) is 4.79 Å². The lowest BCUT2D eigenvalue weighted by atomic mass is 10.0. The molecule has 0 amide bonds. The highest BCUT2D eigenvalue weighted by Crippen LogP contribution is 2.16. The van der Waals surface area contributed by atoms with Crippen LogP contribution < -0.4 is 0 Å². The predicted octanol–water partition coefficient (Wildman–Crippen LogP) is 2.42. The SMILES string of the molecule is C=C/C(Cc1ccc(F)cc1)=C(\OCS(C)(=O)=O)C(C)=O. The Bertz CT molecular complexity index is 657. The van der Waals surface area contributed by atoms with Gasteiger partial charge in [-0.15, -0.1) is 0 Å². The third-order valence-corrected chi connectivity index (χ3v) is 3.13. The van der Waals surface area contributed by atoms with E-state index in [-0.39, 0.29) is 11.6 Å². The summed E-state index contributed by atoms with van der Waals surface area (Å²) in [5.41, 5.74) is 1.21. The van der Waals surface area contributed by atoms with Crippen LogP contribution in [0, 0.1) is 5.82 Å². The average molecular weight is 312 g/mol. The Hall–Kier alpha value is -1.95. The molecule has 0 saturated heterocycles. The minimum atomic E-state index is -3.37. The first-order chi connectivity index (χ1) is 9.73. The van der Waals surface area contributed by atoms with Gasteiger partial charge in [0.2, 0.25) is 0 Å². The molecule has 1 rings (SSSR count). The summed E-state index contributed by atoms with van der Waals surface area (Å²) in [7, 11) is -3.37. The summed E-state index contributed by atoms with van der Waals surface area (Å²) in [5, 5.41) is 0. The summed E-state index contributed by atoms with van der Waals surface area (Å²) >= 11 is 0. The molecule has 0 fully saturated rings. The van der Waals surface area contributed by atoms with Gasteiger partial charge >= 0.3 is 0 Å². The van der Waals surface area contributed by atoms with Gasteiger partial charge in [-0.25, -0.2) is 12.8 Å². The molecular weight excluding hydrogens is 295 g/mol. The van der Waals surface area contributed by atoms with E-state index in [2.05, 4.69) is 6.58 Å². The van der Waals surface area contributed by atoms with Crippen LogP contribution in [-0.2, 0) is 25.8 Å². The maximum absolute atomic E-state index is 12.9. The predicted molar refractivity (Wildman–Crippen MR) is 78.8 cm³/mol. The Balaban J connectivity index is 3.05. The first kappa shape index (κ1) is 17.1. The van der Waals surface area contributed by atoms with E-state index >= 15 is 0 Å². The molecule has 0 aliphatic heterocycles. The minimum Gasteiger partial charge on any atom is -0.474 e. The van der Waals surface area contributed by atoms with Gasteiger partial charge in [-0.1, -0.05) is 24.8 Å². The van der Waals surface area contributed by atoms with Gasteiger partial charge in [0.25, 0.3) is 0 Å². The molecule has 0 aliphatic carbocycles. The Morgan fingerprint density at radius 1 is 1.33 bits per heavy atom. The van der Waals surface area contributed by atoms with Gasteiger partial charge in [0.05, 0.1) is 0 Å². The molecule has 0 atom stereocenters. The first-order valence-electron chi connectivity index (χ1n) is 6.14. The van der Waals surface area contributed by atoms with Crippen molar-refractivity contribution in [1.29, 1.82) is 0 Å². The van der Waals surface area contributed by atoms with E-state index in [1.807, 2.05) is 0 Å². The molecule has 21 heavy (non-hydrogen) atoms. The van der Waals surface area contributed by atoms with Crippen molar-refractivity contribution in [3.63, 3.8) is 0 Å². The summed E-state index contributed by atoms with van der Waals surface area (Å²) in [5.74, 6) is -1.37. The lowest BCUT2D eigenvalue weighted by molar-refractivity contribution is -0.116. The Morgan fingerprint density at radius 3 is 2.33 bits per heavy atom. The fourth-order valence-corrected chi connectivity index (χ4v) is 1.99. The molecule has 0 heterocycles. The maximum Gasteiger partial charge on any atom is 0.194 e. The lowest BCUT2D eigenvalue weighted by Crippen LogP contribution is -2.13. The molecule has 0 saturated carbocycles. The fraction of sp³-hybridized carbons (Fsp3) is 0.267. The number of ether oxygens (including phenoxy) is 1. The molecule has 6 heteroatoms. The van der Waals surface area contributed by atoms with Crippen molar-refractivity contribution in [3.8, 4) is 0 Å².